The highest BCUT2D eigenvalue weighted by Crippen LogP contribution is 2.27. The monoisotopic (exact) mass is 206 g/mol. The molecule has 0 aromatic heterocycles. The van der Waals surface area contributed by atoms with Gasteiger partial charge < -0.3 is 0 Å². The van der Waals surface area contributed by atoms with E-state index in [0.717, 1.165) is 18.8 Å². The molecule has 0 aromatic carbocycles. The smallest absolute Gasteiger partial charge is 0.00886 e. The van der Waals surface area contributed by atoms with Crippen LogP contribution in [0.15, 0.2) is 0 Å². The van der Waals surface area contributed by atoms with Crippen LogP contribution in [0.2, 0.25) is 0 Å². The normalized spacial score (nSPS) is 17.1. The van der Waals surface area contributed by atoms with Crippen LogP contribution in [0, 0.1) is 17.8 Å². The molecule has 0 amide bonds. The average Bonchev–Trinajstić information content (AvgIpc) is 2.29. The molecule has 86 valence electrons. The van der Waals surface area contributed by atoms with Crippen LogP contribution in [-0.2, 0) is 0 Å². The highest BCUT2D eigenvalue weighted by molar-refractivity contribution is 4.97. The van der Waals surface area contributed by atoms with Gasteiger partial charge in [-0.25, -0.2) is 0 Å². The van der Waals surface area contributed by atoms with Crippen LogP contribution in [0.3, 0.4) is 0 Å². The van der Waals surface area contributed by atoms with E-state index in [0.29, 0.717) is 0 Å². The Bertz CT molecular complexity index is 188. The van der Waals surface area contributed by atoms with E-state index in [1.807, 2.05) is 0 Å². The van der Waals surface area contributed by atoms with Gasteiger partial charge in [0.25, 0.3) is 0 Å². The SMILES string of the molecule is CCC#CCCCCCC1CCCCC1. The van der Waals surface area contributed by atoms with Gasteiger partial charge in [-0.1, -0.05) is 58.3 Å². The van der Waals surface area contributed by atoms with E-state index >= 15 is 0 Å². The van der Waals surface area contributed by atoms with Crippen LogP contribution in [0.1, 0.15) is 77.6 Å². The summed E-state index contributed by atoms with van der Waals surface area (Å²) in [6, 6.07) is 0. The van der Waals surface area contributed by atoms with Crippen molar-refractivity contribution < 1.29 is 0 Å². The molecule has 0 radical (unpaired) electrons. The van der Waals surface area contributed by atoms with Crippen molar-refractivity contribution >= 4 is 0 Å². The highest BCUT2D eigenvalue weighted by Gasteiger charge is 2.12. The first kappa shape index (κ1) is 12.6. The minimum Gasteiger partial charge on any atom is -0.104 e. The summed E-state index contributed by atoms with van der Waals surface area (Å²) in [4.78, 5) is 0. The molecule has 0 heterocycles. The fraction of sp³-hybridized carbons (Fsp3) is 0.867. The molecule has 0 bridgehead atoms. The molecule has 0 nitrogen and oxygen atoms in total. The second-order valence-electron chi connectivity index (χ2n) is 4.81. The van der Waals surface area contributed by atoms with Crippen LogP contribution in [-0.4, -0.2) is 0 Å². The van der Waals surface area contributed by atoms with Crippen molar-refractivity contribution in [3.63, 3.8) is 0 Å². The van der Waals surface area contributed by atoms with Crippen LogP contribution in [0.4, 0.5) is 0 Å². The third-order valence-corrected chi connectivity index (χ3v) is 3.44. The Balaban J connectivity index is 1.87. The van der Waals surface area contributed by atoms with Gasteiger partial charge in [0.05, 0.1) is 0 Å². The molecule has 15 heavy (non-hydrogen) atoms. The highest BCUT2D eigenvalue weighted by atomic mass is 14.2. The molecule has 1 aliphatic carbocycles. The van der Waals surface area contributed by atoms with Crippen molar-refractivity contribution in [2.24, 2.45) is 5.92 Å². The van der Waals surface area contributed by atoms with E-state index < -0.39 is 0 Å². The molecule has 0 unspecified atom stereocenters. The van der Waals surface area contributed by atoms with Crippen molar-refractivity contribution in [3.05, 3.63) is 0 Å². The van der Waals surface area contributed by atoms with Gasteiger partial charge in [-0.3, -0.25) is 0 Å². The van der Waals surface area contributed by atoms with Gasteiger partial charge >= 0.3 is 0 Å². The maximum Gasteiger partial charge on any atom is 0.00886 e. The molecule has 0 atom stereocenters. The predicted octanol–water partition coefficient (Wildman–Crippen LogP) is 4.93. The van der Waals surface area contributed by atoms with Gasteiger partial charge in [-0.05, 0) is 12.3 Å². The van der Waals surface area contributed by atoms with Gasteiger partial charge in [0, 0.05) is 12.8 Å². The molecular formula is C15H26. The minimum atomic E-state index is 1.02. The first-order valence-corrected chi connectivity index (χ1v) is 6.89. The summed E-state index contributed by atoms with van der Waals surface area (Å²) < 4.78 is 0. The van der Waals surface area contributed by atoms with Crippen molar-refractivity contribution in [3.8, 4) is 11.8 Å². The first-order chi connectivity index (χ1) is 7.43. The molecular weight excluding hydrogens is 180 g/mol. The Morgan fingerprint density at radius 1 is 0.933 bits per heavy atom. The van der Waals surface area contributed by atoms with E-state index in [9.17, 15) is 0 Å². The number of unbranched alkanes of at least 4 members (excludes halogenated alkanes) is 3. The summed E-state index contributed by atoms with van der Waals surface area (Å²) in [5, 5.41) is 0. The predicted molar refractivity (Wildman–Crippen MR) is 67.7 cm³/mol. The van der Waals surface area contributed by atoms with Gasteiger partial charge in [0.15, 0.2) is 0 Å². The molecule has 0 aromatic rings. The molecule has 0 N–H and O–H groups in total. The topological polar surface area (TPSA) is 0 Å². The van der Waals surface area contributed by atoms with E-state index in [-0.39, 0.29) is 0 Å². The number of hydrogen-bond donors (Lipinski definition) is 0. The van der Waals surface area contributed by atoms with Gasteiger partial charge in [0.2, 0.25) is 0 Å². The lowest BCUT2D eigenvalue weighted by molar-refractivity contribution is 0.329. The van der Waals surface area contributed by atoms with Crippen molar-refractivity contribution in [1.82, 2.24) is 0 Å². The average molecular weight is 206 g/mol. The molecule has 1 saturated carbocycles. The molecule has 1 aliphatic rings. The largest absolute Gasteiger partial charge is 0.104 e. The summed E-state index contributed by atoms with van der Waals surface area (Å²) in [7, 11) is 0. The van der Waals surface area contributed by atoms with Gasteiger partial charge in [-0.2, -0.15) is 0 Å². The van der Waals surface area contributed by atoms with Crippen LogP contribution >= 0.6 is 0 Å². The van der Waals surface area contributed by atoms with Crippen LogP contribution < -0.4 is 0 Å². The van der Waals surface area contributed by atoms with E-state index in [1.165, 1.54) is 57.8 Å². The number of rotatable bonds is 5. The number of hydrogen-bond acceptors (Lipinski definition) is 0. The van der Waals surface area contributed by atoms with Crippen molar-refractivity contribution in [2.75, 3.05) is 0 Å². The second kappa shape index (κ2) is 8.84. The Hall–Kier alpha value is -0.440. The zero-order valence-corrected chi connectivity index (χ0v) is 10.4. The maximum absolute atomic E-state index is 3.22. The molecule has 0 heteroatoms. The Labute approximate surface area is 95.8 Å². The lowest BCUT2D eigenvalue weighted by atomic mass is 9.85. The first-order valence-electron chi connectivity index (χ1n) is 6.89. The third kappa shape index (κ3) is 6.61. The summed E-state index contributed by atoms with van der Waals surface area (Å²) in [5.41, 5.74) is 0. The Morgan fingerprint density at radius 2 is 1.73 bits per heavy atom. The summed E-state index contributed by atoms with van der Waals surface area (Å²) >= 11 is 0. The zero-order chi connectivity index (χ0) is 10.8. The van der Waals surface area contributed by atoms with E-state index in [1.54, 1.807) is 0 Å². The van der Waals surface area contributed by atoms with Gasteiger partial charge in [0.1, 0.15) is 0 Å². The zero-order valence-electron chi connectivity index (χ0n) is 10.4. The second-order valence-corrected chi connectivity index (χ2v) is 4.81. The molecule has 1 fully saturated rings. The fourth-order valence-electron chi connectivity index (χ4n) is 2.51. The molecule has 0 spiro atoms. The standard InChI is InChI=1S/C15H26/c1-2-3-4-5-6-7-9-12-15-13-10-8-11-14-15/h15H,2,5-14H2,1H3. The fourth-order valence-corrected chi connectivity index (χ4v) is 2.51. The Morgan fingerprint density at radius 3 is 2.47 bits per heavy atom. The summed E-state index contributed by atoms with van der Waals surface area (Å²) in [6.45, 7) is 2.12. The lowest BCUT2D eigenvalue weighted by Crippen LogP contribution is -2.05. The molecule has 1 rings (SSSR count). The molecule has 0 saturated heterocycles. The maximum atomic E-state index is 3.22. The molecule has 0 aliphatic heterocycles. The van der Waals surface area contributed by atoms with E-state index in [2.05, 4.69) is 18.8 Å². The summed E-state index contributed by atoms with van der Waals surface area (Å²) in [5.74, 6) is 7.43. The minimum absolute atomic E-state index is 1.02. The Kier molecular flexibility index (Phi) is 7.44. The quantitative estimate of drug-likeness (QED) is 0.442. The van der Waals surface area contributed by atoms with Crippen LogP contribution in [0.25, 0.3) is 0 Å². The van der Waals surface area contributed by atoms with E-state index in [4.69, 9.17) is 0 Å². The van der Waals surface area contributed by atoms with Gasteiger partial charge in [-0.15, -0.1) is 11.8 Å². The van der Waals surface area contributed by atoms with Crippen molar-refractivity contribution in [1.29, 1.82) is 0 Å². The summed E-state index contributed by atoms with van der Waals surface area (Å²) in [6.07, 6.45) is 15.3. The van der Waals surface area contributed by atoms with Crippen LogP contribution in [0.5, 0.6) is 0 Å². The third-order valence-electron chi connectivity index (χ3n) is 3.44. The lowest BCUT2D eigenvalue weighted by Gasteiger charge is -2.21. The van der Waals surface area contributed by atoms with Crippen molar-refractivity contribution in [2.45, 2.75) is 77.6 Å².